The first kappa shape index (κ1) is 18.3. The van der Waals surface area contributed by atoms with E-state index in [0.29, 0.717) is 23.5 Å². The monoisotopic (exact) mass is 400 g/mol. The lowest BCUT2D eigenvalue weighted by molar-refractivity contribution is 0.175. The number of nitrogens with zero attached hydrogens (tertiary/aromatic N) is 4. The number of para-hydroxylation sites is 2. The van der Waals surface area contributed by atoms with Gasteiger partial charge in [0.25, 0.3) is 0 Å². The molecule has 0 aliphatic carbocycles. The van der Waals surface area contributed by atoms with Crippen LogP contribution in [0.4, 0.5) is 5.82 Å². The number of rotatable bonds is 3. The van der Waals surface area contributed by atoms with Gasteiger partial charge in [0.15, 0.2) is 0 Å². The van der Waals surface area contributed by atoms with Crippen molar-refractivity contribution in [3.63, 3.8) is 0 Å². The molecular weight excluding hydrogens is 372 g/mol. The van der Waals surface area contributed by atoms with E-state index in [0.717, 1.165) is 61.8 Å². The minimum absolute atomic E-state index is 0.373. The van der Waals surface area contributed by atoms with Gasteiger partial charge in [0.05, 0.1) is 28.7 Å². The van der Waals surface area contributed by atoms with Gasteiger partial charge in [-0.1, -0.05) is 12.1 Å². The Morgan fingerprint density at radius 1 is 1.00 bits per heavy atom. The molecule has 1 aromatic heterocycles. The Hall–Kier alpha value is -1.73. The van der Waals surface area contributed by atoms with Gasteiger partial charge in [-0.2, -0.15) is 0 Å². The fourth-order valence-corrected chi connectivity index (χ4v) is 6.80. The molecule has 1 aromatic carbocycles. The largest absolute Gasteiger partial charge is 0.354 e. The molecule has 0 N–H and O–H groups in total. The highest BCUT2D eigenvalue weighted by Crippen LogP contribution is 2.34. The average Bonchev–Trinajstić information content (AvgIpc) is 3.11. The van der Waals surface area contributed by atoms with Gasteiger partial charge >= 0.3 is 0 Å². The summed E-state index contributed by atoms with van der Waals surface area (Å²) >= 11 is 0. The highest BCUT2D eigenvalue weighted by atomic mass is 32.2. The van der Waals surface area contributed by atoms with Gasteiger partial charge in [0.1, 0.15) is 15.7 Å². The number of aromatic nitrogens is 2. The Labute approximate surface area is 166 Å². The number of sulfone groups is 1. The van der Waals surface area contributed by atoms with Crippen LogP contribution >= 0.6 is 0 Å². The first-order valence-electron chi connectivity index (χ1n) is 10.5. The lowest BCUT2D eigenvalue weighted by Crippen LogP contribution is -2.49. The summed E-state index contributed by atoms with van der Waals surface area (Å²) < 4.78 is 23.4. The molecule has 0 amide bonds. The van der Waals surface area contributed by atoms with Gasteiger partial charge in [0.2, 0.25) is 0 Å². The van der Waals surface area contributed by atoms with E-state index >= 15 is 0 Å². The number of likely N-dealkylation sites (tertiary alicyclic amines) is 1. The van der Waals surface area contributed by atoms with Gasteiger partial charge in [-0.3, -0.25) is 9.88 Å². The summed E-state index contributed by atoms with van der Waals surface area (Å²) in [5.74, 6) is 3.01. The second-order valence-corrected chi connectivity index (χ2v) is 11.0. The number of fused-ring (bicyclic) bond motifs is 2. The third-order valence-corrected chi connectivity index (χ3v) is 8.62. The van der Waals surface area contributed by atoms with Crippen molar-refractivity contribution in [2.75, 3.05) is 42.6 Å². The van der Waals surface area contributed by atoms with Crippen LogP contribution < -0.4 is 4.90 Å². The van der Waals surface area contributed by atoms with Crippen LogP contribution in [0, 0.1) is 11.8 Å². The summed E-state index contributed by atoms with van der Waals surface area (Å²) in [4.78, 5) is 14.5. The summed E-state index contributed by atoms with van der Waals surface area (Å²) in [5.41, 5.74) is 1.89. The first-order chi connectivity index (χ1) is 13.6. The third-order valence-electron chi connectivity index (χ3n) is 6.90. The molecule has 5 rings (SSSR count). The van der Waals surface area contributed by atoms with Gasteiger partial charge < -0.3 is 4.90 Å². The fourth-order valence-electron chi connectivity index (χ4n) is 5.22. The van der Waals surface area contributed by atoms with Crippen LogP contribution in [0.5, 0.6) is 0 Å². The van der Waals surface area contributed by atoms with Crippen molar-refractivity contribution in [1.82, 2.24) is 14.9 Å². The molecule has 3 aliphatic rings. The van der Waals surface area contributed by atoms with E-state index in [-0.39, 0.29) is 0 Å². The zero-order valence-corrected chi connectivity index (χ0v) is 17.0. The van der Waals surface area contributed by atoms with Crippen molar-refractivity contribution in [3.8, 4) is 0 Å². The molecule has 2 aromatic rings. The maximum absolute atomic E-state index is 11.7. The second kappa shape index (κ2) is 7.26. The topological polar surface area (TPSA) is 66.4 Å². The van der Waals surface area contributed by atoms with E-state index in [9.17, 15) is 8.42 Å². The summed E-state index contributed by atoms with van der Waals surface area (Å²) in [6.45, 7) is 4.25. The Balaban J connectivity index is 1.28. The number of piperidine rings is 1. The number of benzene rings is 1. The number of hydrogen-bond acceptors (Lipinski definition) is 6. The molecule has 2 atom stereocenters. The average molecular weight is 401 g/mol. The molecule has 28 heavy (non-hydrogen) atoms. The van der Waals surface area contributed by atoms with Gasteiger partial charge in [-0.15, -0.1) is 0 Å². The normalized spacial score (nSPS) is 28.5. The van der Waals surface area contributed by atoms with Crippen molar-refractivity contribution >= 4 is 26.7 Å². The van der Waals surface area contributed by atoms with E-state index < -0.39 is 9.84 Å². The third kappa shape index (κ3) is 3.62. The minimum atomic E-state index is -2.78. The first-order valence-corrected chi connectivity index (χ1v) is 12.3. The summed E-state index contributed by atoms with van der Waals surface area (Å²) in [6, 6.07) is 8.59. The molecule has 3 saturated heterocycles. The van der Waals surface area contributed by atoms with Crippen molar-refractivity contribution in [1.29, 1.82) is 0 Å². The predicted molar refractivity (Wildman–Crippen MR) is 111 cm³/mol. The van der Waals surface area contributed by atoms with Crippen LogP contribution in [-0.4, -0.2) is 67.0 Å². The molecular formula is C21H28N4O2S. The number of hydrogen-bond donors (Lipinski definition) is 0. The Kier molecular flexibility index (Phi) is 4.75. The SMILES string of the molecule is O=S1(=O)CCC(CN2CCC3CCN(c4cnc5ccccc5n4)CC32)CC1. The Bertz CT molecular complexity index is 950. The second-order valence-electron chi connectivity index (χ2n) is 8.66. The summed E-state index contributed by atoms with van der Waals surface area (Å²) in [7, 11) is -2.78. The highest BCUT2D eigenvalue weighted by Gasteiger charge is 2.40. The smallest absolute Gasteiger partial charge is 0.150 e. The van der Waals surface area contributed by atoms with Gasteiger partial charge in [-0.05, 0) is 56.2 Å². The molecule has 2 unspecified atom stereocenters. The molecule has 3 fully saturated rings. The maximum atomic E-state index is 11.7. The maximum Gasteiger partial charge on any atom is 0.150 e. The standard InChI is InChI=1S/C21H28N4O2S/c26-28(27)11-7-16(8-12-28)14-24-9-5-17-6-10-25(15-20(17)24)21-13-22-18-3-1-2-4-19(18)23-21/h1-4,13,16-17,20H,5-12,14-15H2. The van der Waals surface area contributed by atoms with Crippen molar-refractivity contribution in [2.45, 2.75) is 31.7 Å². The Morgan fingerprint density at radius 2 is 1.75 bits per heavy atom. The van der Waals surface area contributed by atoms with E-state index in [4.69, 9.17) is 4.98 Å². The van der Waals surface area contributed by atoms with Crippen molar-refractivity contribution in [2.24, 2.45) is 11.8 Å². The van der Waals surface area contributed by atoms with Crippen LogP contribution in [0.1, 0.15) is 25.7 Å². The van der Waals surface area contributed by atoms with Crippen LogP contribution in [-0.2, 0) is 9.84 Å². The molecule has 3 aliphatic heterocycles. The quantitative estimate of drug-likeness (QED) is 0.788. The molecule has 4 heterocycles. The zero-order chi connectivity index (χ0) is 19.1. The lowest BCUT2D eigenvalue weighted by Gasteiger charge is -2.40. The van der Waals surface area contributed by atoms with Crippen LogP contribution in [0.3, 0.4) is 0 Å². The lowest BCUT2D eigenvalue weighted by atomic mass is 9.91. The molecule has 150 valence electrons. The van der Waals surface area contributed by atoms with Gasteiger partial charge in [0, 0.05) is 25.7 Å². The highest BCUT2D eigenvalue weighted by molar-refractivity contribution is 7.91. The molecule has 7 heteroatoms. The van der Waals surface area contributed by atoms with Crippen LogP contribution in [0.2, 0.25) is 0 Å². The number of anilines is 1. The minimum Gasteiger partial charge on any atom is -0.354 e. The van der Waals surface area contributed by atoms with Crippen molar-refractivity contribution < 1.29 is 8.42 Å². The zero-order valence-electron chi connectivity index (χ0n) is 16.2. The molecule has 0 spiro atoms. The molecule has 0 saturated carbocycles. The van der Waals surface area contributed by atoms with Crippen molar-refractivity contribution in [3.05, 3.63) is 30.5 Å². The van der Waals surface area contributed by atoms with Gasteiger partial charge in [-0.25, -0.2) is 13.4 Å². The van der Waals surface area contributed by atoms with E-state index in [1.54, 1.807) is 0 Å². The van der Waals surface area contributed by atoms with E-state index in [1.165, 1.54) is 12.8 Å². The molecule has 0 bridgehead atoms. The molecule has 0 radical (unpaired) electrons. The van der Waals surface area contributed by atoms with Crippen LogP contribution in [0.15, 0.2) is 30.5 Å². The Morgan fingerprint density at radius 3 is 2.57 bits per heavy atom. The van der Waals surface area contributed by atoms with E-state index in [1.807, 2.05) is 30.5 Å². The molecule has 6 nitrogen and oxygen atoms in total. The summed E-state index contributed by atoms with van der Waals surface area (Å²) in [5, 5.41) is 0. The predicted octanol–water partition coefficient (Wildman–Crippen LogP) is 2.36. The van der Waals surface area contributed by atoms with E-state index in [2.05, 4.69) is 14.8 Å². The van der Waals surface area contributed by atoms with Crippen LogP contribution in [0.25, 0.3) is 11.0 Å². The fraction of sp³-hybridized carbons (Fsp3) is 0.619. The summed E-state index contributed by atoms with van der Waals surface area (Å²) in [6.07, 6.45) is 6.04.